The van der Waals surface area contributed by atoms with Crippen molar-refractivity contribution in [2.75, 3.05) is 25.7 Å². The highest BCUT2D eigenvalue weighted by Crippen LogP contribution is 2.25. The van der Waals surface area contributed by atoms with E-state index in [1.54, 1.807) is 13.2 Å². The van der Waals surface area contributed by atoms with Crippen molar-refractivity contribution in [1.82, 2.24) is 14.7 Å². The lowest BCUT2D eigenvalue weighted by Gasteiger charge is -2.28. The summed E-state index contributed by atoms with van der Waals surface area (Å²) in [5.74, 6) is 0.571. The highest BCUT2D eigenvalue weighted by atomic mass is 32.2. The summed E-state index contributed by atoms with van der Waals surface area (Å²) in [6.45, 7) is 5.02. The molecule has 0 aliphatic carbocycles. The zero-order chi connectivity index (χ0) is 18.9. The minimum absolute atomic E-state index is 0.312. The van der Waals surface area contributed by atoms with Gasteiger partial charge in [0, 0.05) is 31.5 Å². The number of aromatic nitrogens is 2. The summed E-state index contributed by atoms with van der Waals surface area (Å²) in [4.78, 5) is 2.29. The average Bonchev–Trinajstić information content (AvgIpc) is 2.98. The number of aliphatic hydroxyl groups is 1. The molecule has 0 unspecified atom stereocenters. The smallest absolute Gasteiger partial charge is 0.150 e. The van der Waals surface area contributed by atoms with Crippen LogP contribution in [0, 0.1) is 6.92 Å². The van der Waals surface area contributed by atoms with Crippen molar-refractivity contribution >= 4 is 9.84 Å². The molecule has 1 N–H and O–H groups in total. The molecule has 26 heavy (non-hydrogen) atoms. The molecule has 8 heteroatoms. The summed E-state index contributed by atoms with van der Waals surface area (Å²) in [6.07, 6.45) is 0.0249. The maximum atomic E-state index is 11.4. The van der Waals surface area contributed by atoms with E-state index in [-0.39, 0.29) is 5.75 Å². The minimum atomic E-state index is -3.26. The Bertz CT molecular complexity index is 892. The Morgan fingerprint density at radius 2 is 2.08 bits per heavy atom. The molecule has 2 aromatic rings. The second-order valence-corrected chi connectivity index (χ2v) is 9.10. The van der Waals surface area contributed by atoms with Gasteiger partial charge in [0.25, 0.3) is 0 Å². The zero-order valence-electron chi connectivity index (χ0n) is 15.3. The summed E-state index contributed by atoms with van der Waals surface area (Å²) >= 11 is 0. The molecule has 0 bridgehead atoms. The predicted octanol–water partition coefficient (Wildman–Crippen LogP) is 1.29. The van der Waals surface area contributed by atoms with Crippen molar-refractivity contribution in [2.24, 2.45) is 0 Å². The van der Waals surface area contributed by atoms with Crippen molar-refractivity contribution in [3.05, 3.63) is 46.8 Å². The third-order valence-corrected chi connectivity index (χ3v) is 5.46. The second kappa shape index (κ2) is 7.38. The van der Waals surface area contributed by atoms with E-state index in [0.29, 0.717) is 18.8 Å². The highest BCUT2D eigenvalue weighted by molar-refractivity contribution is 7.90. The number of rotatable bonds is 6. The van der Waals surface area contributed by atoms with Crippen LogP contribution in [0.4, 0.5) is 0 Å². The van der Waals surface area contributed by atoms with Gasteiger partial charge in [0.2, 0.25) is 0 Å². The van der Waals surface area contributed by atoms with Crippen LogP contribution in [-0.4, -0.2) is 53.9 Å². The lowest BCUT2D eigenvalue weighted by atomic mass is 10.1. The summed E-state index contributed by atoms with van der Waals surface area (Å²) in [5, 5.41) is 14.5. The van der Waals surface area contributed by atoms with Gasteiger partial charge in [-0.25, -0.2) is 8.42 Å². The van der Waals surface area contributed by atoms with Crippen LogP contribution in [0.5, 0.6) is 5.75 Å². The number of hydrogen-bond acceptors (Lipinski definition) is 6. The van der Waals surface area contributed by atoms with Gasteiger partial charge in [0.05, 0.1) is 30.8 Å². The number of sulfone groups is 1. The number of ether oxygens (including phenoxy) is 1. The van der Waals surface area contributed by atoms with E-state index in [1.807, 2.05) is 17.7 Å². The molecule has 0 spiro atoms. The van der Waals surface area contributed by atoms with Crippen molar-refractivity contribution in [3.63, 3.8) is 0 Å². The summed E-state index contributed by atoms with van der Waals surface area (Å²) in [7, 11) is -1.58. The third kappa shape index (κ3) is 4.44. The number of benzene rings is 1. The summed E-state index contributed by atoms with van der Waals surface area (Å²) < 4.78 is 30.1. The quantitative estimate of drug-likeness (QED) is 0.814. The largest absolute Gasteiger partial charge is 0.496 e. The van der Waals surface area contributed by atoms with Crippen LogP contribution < -0.4 is 4.74 Å². The monoisotopic (exact) mass is 379 g/mol. The van der Waals surface area contributed by atoms with Gasteiger partial charge in [0.1, 0.15) is 21.7 Å². The maximum absolute atomic E-state index is 11.4. The average molecular weight is 379 g/mol. The number of aryl methyl sites for hydroxylation is 1. The Morgan fingerprint density at radius 3 is 2.77 bits per heavy atom. The summed E-state index contributed by atoms with van der Waals surface area (Å²) in [5.41, 5.74) is 3.68. The van der Waals surface area contributed by atoms with Crippen molar-refractivity contribution in [3.8, 4) is 5.75 Å². The van der Waals surface area contributed by atoms with Gasteiger partial charge in [-0.15, -0.1) is 0 Å². The molecule has 0 radical (unpaired) electrons. The first-order valence-corrected chi connectivity index (χ1v) is 10.6. The van der Waals surface area contributed by atoms with E-state index < -0.39 is 15.9 Å². The number of methoxy groups -OCH3 is 1. The Labute approximate surface area is 154 Å². The molecule has 7 nitrogen and oxygen atoms in total. The van der Waals surface area contributed by atoms with E-state index in [4.69, 9.17) is 4.74 Å². The molecular weight excluding hydrogens is 354 g/mol. The number of hydrogen-bond donors (Lipinski definition) is 1. The van der Waals surface area contributed by atoms with Gasteiger partial charge in [-0.2, -0.15) is 5.10 Å². The molecule has 0 saturated carbocycles. The third-order valence-electron chi connectivity index (χ3n) is 4.53. The van der Waals surface area contributed by atoms with E-state index in [0.717, 1.165) is 41.9 Å². The number of aliphatic hydroxyl groups excluding tert-OH is 1. The molecule has 1 atom stereocenters. The van der Waals surface area contributed by atoms with E-state index >= 15 is 0 Å². The number of fused-ring (bicyclic) bond motifs is 1. The molecule has 0 amide bonds. The lowest BCUT2D eigenvalue weighted by molar-refractivity contribution is 0.190. The fourth-order valence-corrected chi connectivity index (χ4v) is 3.98. The molecule has 1 aliphatic heterocycles. The van der Waals surface area contributed by atoms with Crippen molar-refractivity contribution in [2.45, 2.75) is 32.7 Å². The maximum Gasteiger partial charge on any atom is 0.150 e. The van der Waals surface area contributed by atoms with Gasteiger partial charge in [-0.05, 0) is 24.6 Å². The molecule has 1 aromatic heterocycles. The van der Waals surface area contributed by atoms with Gasteiger partial charge in [-0.1, -0.05) is 12.1 Å². The molecule has 142 valence electrons. The van der Waals surface area contributed by atoms with E-state index in [1.165, 1.54) is 0 Å². The van der Waals surface area contributed by atoms with Crippen LogP contribution in [0.15, 0.2) is 24.3 Å². The Morgan fingerprint density at radius 1 is 1.31 bits per heavy atom. The molecule has 0 saturated heterocycles. The van der Waals surface area contributed by atoms with Crippen LogP contribution >= 0.6 is 0 Å². The van der Waals surface area contributed by atoms with E-state index in [2.05, 4.69) is 22.1 Å². The standard InChI is InChI=1S/C18H25N3O4S/c1-13-4-5-14(18(8-13)25-2)10-20-6-7-21-15(11-20)9-16(19-21)17(22)12-26(3,23)24/h4-5,8-9,17,22H,6-7,10-12H2,1-3H3/t17-/m1/s1. The minimum Gasteiger partial charge on any atom is -0.496 e. The fraction of sp³-hybridized carbons (Fsp3) is 0.500. The Balaban J connectivity index is 1.72. The fourth-order valence-electron chi connectivity index (χ4n) is 3.24. The first-order valence-electron chi connectivity index (χ1n) is 8.53. The van der Waals surface area contributed by atoms with Crippen LogP contribution in [0.1, 0.15) is 28.6 Å². The van der Waals surface area contributed by atoms with Crippen molar-refractivity contribution in [1.29, 1.82) is 0 Å². The van der Waals surface area contributed by atoms with Crippen molar-refractivity contribution < 1.29 is 18.3 Å². The van der Waals surface area contributed by atoms with Crippen LogP contribution in [0.2, 0.25) is 0 Å². The first kappa shape index (κ1) is 18.9. The van der Waals surface area contributed by atoms with E-state index in [9.17, 15) is 13.5 Å². The van der Waals surface area contributed by atoms with Crippen LogP contribution in [-0.2, 0) is 29.5 Å². The van der Waals surface area contributed by atoms with Gasteiger partial charge >= 0.3 is 0 Å². The Kier molecular flexibility index (Phi) is 5.36. The second-order valence-electron chi connectivity index (χ2n) is 6.92. The topological polar surface area (TPSA) is 84.7 Å². The Hall–Kier alpha value is -1.90. The highest BCUT2D eigenvalue weighted by Gasteiger charge is 2.23. The lowest BCUT2D eigenvalue weighted by Crippen LogP contribution is -2.33. The number of nitrogens with zero attached hydrogens (tertiary/aromatic N) is 3. The molecule has 1 aromatic carbocycles. The molecular formula is C18H25N3O4S. The first-order chi connectivity index (χ1) is 12.2. The predicted molar refractivity (Wildman–Crippen MR) is 98.7 cm³/mol. The van der Waals surface area contributed by atoms with Crippen LogP contribution in [0.25, 0.3) is 0 Å². The van der Waals surface area contributed by atoms with Gasteiger partial charge in [-0.3, -0.25) is 9.58 Å². The molecule has 2 heterocycles. The molecule has 1 aliphatic rings. The SMILES string of the molecule is COc1cc(C)ccc1CN1CCn2nc([C@H](O)CS(C)(=O)=O)cc2C1. The van der Waals surface area contributed by atoms with Gasteiger partial charge < -0.3 is 9.84 Å². The zero-order valence-corrected chi connectivity index (χ0v) is 16.2. The van der Waals surface area contributed by atoms with Gasteiger partial charge in [0.15, 0.2) is 0 Å². The molecule has 3 rings (SSSR count). The molecule has 0 fully saturated rings. The van der Waals surface area contributed by atoms with Crippen LogP contribution in [0.3, 0.4) is 0 Å². The normalized spacial score (nSPS) is 16.3. The summed E-state index contributed by atoms with van der Waals surface area (Å²) in [6, 6.07) is 7.99.